The molecule has 0 aliphatic heterocycles. The molecule has 0 bridgehead atoms. The molecule has 0 saturated carbocycles. The molecule has 19 heavy (non-hydrogen) atoms. The summed E-state index contributed by atoms with van der Waals surface area (Å²) < 4.78 is 5.85. The number of unbranched alkanes of at least 4 members (excludes halogenated alkanes) is 4. The van der Waals surface area contributed by atoms with Crippen LogP contribution in [0.25, 0.3) is 0 Å². The van der Waals surface area contributed by atoms with Crippen LogP contribution >= 0.6 is 0 Å². The second kappa shape index (κ2) is 7.54. The van der Waals surface area contributed by atoms with Crippen molar-refractivity contribution in [2.75, 3.05) is 6.61 Å². The van der Waals surface area contributed by atoms with E-state index in [1.54, 1.807) is 0 Å². The smallest absolute Gasteiger partial charge is 0.119 e. The Morgan fingerprint density at radius 3 is 2.89 bits per heavy atom. The number of aryl methyl sites for hydroxylation is 1. The maximum atomic E-state index is 6.17. The summed E-state index contributed by atoms with van der Waals surface area (Å²) in [6, 6.07) is 6.66. The van der Waals surface area contributed by atoms with Gasteiger partial charge < -0.3 is 10.5 Å². The summed E-state index contributed by atoms with van der Waals surface area (Å²) in [6.45, 7) is 3.07. The van der Waals surface area contributed by atoms with E-state index in [0.29, 0.717) is 0 Å². The topological polar surface area (TPSA) is 35.2 Å². The number of nitrogens with two attached hydrogens (primary N) is 1. The fourth-order valence-electron chi connectivity index (χ4n) is 2.80. The first-order chi connectivity index (χ1) is 9.31. The number of rotatable bonds is 7. The van der Waals surface area contributed by atoms with Crippen LogP contribution in [-0.4, -0.2) is 6.61 Å². The maximum Gasteiger partial charge on any atom is 0.119 e. The van der Waals surface area contributed by atoms with Crippen LogP contribution in [0.3, 0.4) is 0 Å². The molecule has 1 atom stereocenters. The first-order valence-electron chi connectivity index (χ1n) is 7.82. The third-order valence-corrected chi connectivity index (χ3v) is 3.99. The number of hydrogen-bond donors (Lipinski definition) is 1. The Morgan fingerprint density at radius 1 is 1.21 bits per heavy atom. The zero-order valence-electron chi connectivity index (χ0n) is 12.2. The normalized spacial score (nSPS) is 18.1. The van der Waals surface area contributed by atoms with Crippen molar-refractivity contribution >= 4 is 0 Å². The second-order valence-electron chi connectivity index (χ2n) is 5.62. The van der Waals surface area contributed by atoms with Gasteiger partial charge in [-0.1, -0.05) is 38.7 Å². The van der Waals surface area contributed by atoms with Gasteiger partial charge in [-0.05, 0) is 48.9 Å². The van der Waals surface area contributed by atoms with Crippen molar-refractivity contribution in [2.24, 2.45) is 5.73 Å². The first kappa shape index (κ1) is 14.4. The maximum absolute atomic E-state index is 6.17. The monoisotopic (exact) mass is 261 g/mol. The Labute approximate surface area is 117 Å². The Hall–Kier alpha value is -1.02. The quantitative estimate of drug-likeness (QED) is 0.740. The zero-order chi connectivity index (χ0) is 13.5. The van der Waals surface area contributed by atoms with Gasteiger partial charge in [-0.2, -0.15) is 0 Å². The van der Waals surface area contributed by atoms with E-state index >= 15 is 0 Å². The molecule has 0 aromatic heterocycles. The average Bonchev–Trinajstić information content (AvgIpc) is 2.43. The highest BCUT2D eigenvalue weighted by atomic mass is 16.5. The fourth-order valence-corrected chi connectivity index (χ4v) is 2.80. The van der Waals surface area contributed by atoms with Crippen LogP contribution in [0.4, 0.5) is 0 Å². The van der Waals surface area contributed by atoms with Crippen LogP contribution in [0, 0.1) is 0 Å². The van der Waals surface area contributed by atoms with Gasteiger partial charge in [0.1, 0.15) is 5.75 Å². The molecule has 0 amide bonds. The van der Waals surface area contributed by atoms with E-state index in [-0.39, 0.29) is 6.04 Å². The Bertz CT molecular complexity index is 389. The van der Waals surface area contributed by atoms with E-state index < -0.39 is 0 Å². The van der Waals surface area contributed by atoms with Crippen LogP contribution in [0.15, 0.2) is 18.2 Å². The van der Waals surface area contributed by atoms with Crippen molar-refractivity contribution in [2.45, 2.75) is 64.3 Å². The highest BCUT2D eigenvalue weighted by Gasteiger charge is 2.17. The highest BCUT2D eigenvalue weighted by Crippen LogP contribution is 2.30. The Morgan fingerprint density at radius 2 is 2.05 bits per heavy atom. The minimum Gasteiger partial charge on any atom is -0.494 e. The molecule has 1 aromatic rings. The average molecular weight is 261 g/mol. The molecule has 2 rings (SSSR count). The van der Waals surface area contributed by atoms with Crippen molar-refractivity contribution in [1.82, 2.24) is 0 Å². The number of fused-ring (bicyclic) bond motifs is 1. The summed E-state index contributed by atoms with van der Waals surface area (Å²) in [7, 11) is 0. The lowest BCUT2D eigenvalue weighted by Crippen LogP contribution is -2.17. The second-order valence-corrected chi connectivity index (χ2v) is 5.62. The molecule has 1 aromatic carbocycles. The van der Waals surface area contributed by atoms with E-state index in [1.807, 2.05) is 0 Å². The molecule has 106 valence electrons. The van der Waals surface area contributed by atoms with Crippen molar-refractivity contribution in [3.05, 3.63) is 29.3 Å². The Kier molecular flexibility index (Phi) is 5.71. The lowest BCUT2D eigenvalue weighted by Gasteiger charge is -2.22. The van der Waals surface area contributed by atoms with Crippen molar-refractivity contribution in [1.29, 1.82) is 0 Å². The molecular formula is C17H27NO. The SMILES string of the molecule is CCCCCCCOc1ccc2c(c1)C(N)CCC2. The van der Waals surface area contributed by atoms with Crippen LogP contribution in [-0.2, 0) is 6.42 Å². The van der Waals surface area contributed by atoms with E-state index in [0.717, 1.165) is 25.2 Å². The van der Waals surface area contributed by atoms with Gasteiger partial charge in [0.2, 0.25) is 0 Å². The van der Waals surface area contributed by atoms with Crippen LogP contribution < -0.4 is 10.5 Å². The summed E-state index contributed by atoms with van der Waals surface area (Å²) >= 11 is 0. The van der Waals surface area contributed by atoms with Gasteiger partial charge in [0.25, 0.3) is 0 Å². The number of hydrogen-bond acceptors (Lipinski definition) is 2. The molecule has 2 N–H and O–H groups in total. The van der Waals surface area contributed by atoms with Gasteiger partial charge in [-0.15, -0.1) is 0 Å². The molecule has 2 nitrogen and oxygen atoms in total. The summed E-state index contributed by atoms with van der Waals surface area (Å²) in [5.41, 5.74) is 8.88. The van der Waals surface area contributed by atoms with E-state index in [9.17, 15) is 0 Å². The summed E-state index contributed by atoms with van der Waals surface area (Å²) in [5, 5.41) is 0. The van der Waals surface area contributed by atoms with E-state index in [2.05, 4.69) is 25.1 Å². The molecule has 0 fully saturated rings. The molecule has 2 heteroatoms. The summed E-state index contributed by atoms with van der Waals surface area (Å²) in [5.74, 6) is 0.992. The fraction of sp³-hybridized carbons (Fsp3) is 0.647. The number of ether oxygens (including phenoxy) is 1. The van der Waals surface area contributed by atoms with E-state index in [4.69, 9.17) is 10.5 Å². The standard InChI is InChI=1S/C17H27NO/c1-2-3-4-5-6-12-19-15-11-10-14-8-7-9-17(18)16(14)13-15/h10-11,13,17H,2-9,12,18H2,1H3. The molecule has 0 spiro atoms. The van der Waals surface area contributed by atoms with Gasteiger partial charge in [-0.25, -0.2) is 0 Å². The lowest BCUT2D eigenvalue weighted by molar-refractivity contribution is 0.303. The van der Waals surface area contributed by atoms with Crippen LogP contribution in [0.1, 0.15) is 69.0 Å². The third kappa shape index (κ3) is 4.24. The predicted octanol–water partition coefficient (Wildman–Crippen LogP) is 4.37. The van der Waals surface area contributed by atoms with Crippen LogP contribution in [0.2, 0.25) is 0 Å². The molecule has 0 heterocycles. The van der Waals surface area contributed by atoms with Crippen molar-refractivity contribution < 1.29 is 4.74 Å². The molecule has 1 aliphatic carbocycles. The van der Waals surface area contributed by atoms with Gasteiger partial charge in [0.05, 0.1) is 6.61 Å². The number of benzene rings is 1. The summed E-state index contributed by atoms with van der Waals surface area (Å²) in [6.07, 6.45) is 9.88. The zero-order valence-corrected chi connectivity index (χ0v) is 12.2. The summed E-state index contributed by atoms with van der Waals surface area (Å²) in [4.78, 5) is 0. The minimum absolute atomic E-state index is 0.205. The molecule has 0 saturated heterocycles. The van der Waals surface area contributed by atoms with E-state index in [1.165, 1.54) is 49.7 Å². The largest absolute Gasteiger partial charge is 0.494 e. The van der Waals surface area contributed by atoms with Gasteiger partial charge >= 0.3 is 0 Å². The lowest BCUT2D eigenvalue weighted by atomic mass is 9.88. The van der Waals surface area contributed by atoms with Gasteiger partial charge in [0.15, 0.2) is 0 Å². The van der Waals surface area contributed by atoms with Gasteiger partial charge in [-0.3, -0.25) is 0 Å². The molecule has 1 unspecified atom stereocenters. The van der Waals surface area contributed by atoms with Crippen LogP contribution in [0.5, 0.6) is 5.75 Å². The first-order valence-corrected chi connectivity index (χ1v) is 7.82. The third-order valence-electron chi connectivity index (χ3n) is 3.99. The Balaban J connectivity index is 1.79. The predicted molar refractivity (Wildman–Crippen MR) is 80.6 cm³/mol. The van der Waals surface area contributed by atoms with Gasteiger partial charge in [0, 0.05) is 6.04 Å². The molecule has 0 radical (unpaired) electrons. The molecular weight excluding hydrogens is 234 g/mol. The van der Waals surface area contributed by atoms with Crippen molar-refractivity contribution in [3.63, 3.8) is 0 Å². The molecule has 1 aliphatic rings. The van der Waals surface area contributed by atoms with Crippen molar-refractivity contribution in [3.8, 4) is 5.75 Å². The minimum atomic E-state index is 0.205. The highest BCUT2D eigenvalue weighted by molar-refractivity contribution is 5.39.